The van der Waals surface area contributed by atoms with Gasteiger partial charge in [-0.2, -0.15) is 22.7 Å². The van der Waals surface area contributed by atoms with E-state index < -0.39 is 52.4 Å². The monoisotopic (exact) mass is 719 g/mol. The molecule has 0 saturated carbocycles. The van der Waals surface area contributed by atoms with Crippen molar-refractivity contribution < 1.29 is 37.0 Å². The van der Waals surface area contributed by atoms with Gasteiger partial charge in [-0.05, 0) is 30.7 Å². The highest BCUT2D eigenvalue weighted by molar-refractivity contribution is 6.33. The summed E-state index contributed by atoms with van der Waals surface area (Å²) in [6.45, 7) is 4.21. The number of carbonyl (C=O) groups excluding carboxylic acids is 2. The predicted molar refractivity (Wildman–Crippen MR) is 171 cm³/mol. The minimum Gasteiger partial charge on any atom is -0.503 e. The van der Waals surface area contributed by atoms with Crippen LogP contribution in [0.1, 0.15) is 47.1 Å². The molecule has 4 aromatic rings. The van der Waals surface area contributed by atoms with Gasteiger partial charge in [0.2, 0.25) is 17.6 Å². The topological polar surface area (TPSA) is 150 Å². The van der Waals surface area contributed by atoms with Crippen molar-refractivity contribution in [2.75, 3.05) is 67.6 Å². The molecule has 14 nitrogen and oxygen atoms in total. The van der Waals surface area contributed by atoms with E-state index in [1.807, 2.05) is 11.8 Å². The summed E-state index contributed by atoms with van der Waals surface area (Å²) in [6, 6.07) is 2.63. The Labute approximate surface area is 285 Å². The van der Waals surface area contributed by atoms with Crippen molar-refractivity contribution in [2.45, 2.75) is 31.5 Å². The summed E-state index contributed by atoms with van der Waals surface area (Å²) >= 11 is 6.16. The highest BCUT2D eigenvalue weighted by Gasteiger charge is 2.41. The summed E-state index contributed by atoms with van der Waals surface area (Å²) in [7, 11) is 0. The zero-order chi connectivity index (χ0) is 35.5. The van der Waals surface area contributed by atoms with Gasteiger partial charge in [0.1, 0.15) is 11.7 Å². The Morgan fingerprint density at radius 3 is 2.46 bits per heavy atom. The second kappa shape index (κ2) is 12.7. The number of rotatable bonds is 5. The predicted octanol–water partition coefficient (Wildman–Crippen LogP) is 3.29. The number of nitrogens with one attached hydrogen (secondary N) is 1. The molecule has 3 aliphatic rings. The van der Waals surface area contributed by atoms with E-state index in [-0.39, 0.29) is 66.6 Å². The van der Waals surface area contributed by atoms with Gasteiger partial charge in [-0.1, -0.05) is 18.5 Å². The normalized spacial score (nSPS) is 19.6. The van der Waals surface area contributed by atoms with Crippen LogP contribution >= 0.6 is 11.6 Å². The number of alkyl halides is 3. The SMILES string of the molecule is C[C@@H]1C[C@H](C(=O)Nc2ccc(C(F)(F)F)cc2Cl)n2c1c(N1CCN(C(=O)c3nccc(F)c3O)CC1)c(=O)n1nc(N3CCOCC3)nc21. The molecule has 264 valence electrons. The minimum absolute atomic E-state index is 0.0156. The van der Waals surface area contributed by atoms with Crippen LogP contribution in [0.2, 0.25) is 5.02 Å². The Hall–Kier alpha value is -4.97. The molecule has 2 fully saturated rings. The smallest absolute Gasteiger partial charge is 0.416 e. The number of morpholine rings is 1. The molecule has 3 aromatic heterocycles. The van der Waals surface area contributed by atoms with E-state index in [4.69, 9.17) is 21.3 Å². The zero-order valence-corrected chi connectivity index (χ0v) is 27.2. The second-order valence-electron chi connectivity index (χ2n) is 12.2. The van der Waals surface area contributed by atoms with Crippen LogP contribution < -0.4 is 20.7 Å². The van der Waals surface area contributed by atoms with E-state index in [0.29, 0.717) is 32.0 Å². The third-order valence-electron chi connectivity index (χ3n) is 9.16. The quantitative estimate of drug-likeness (QED) is 0.294. The molecule has 1 aromatic carbocycles. The van der Waals surface area contributed by atoms with E-state index in [9.17, 15) is 37.1 Å². The first-order valence-electron chi connectivity index (χ1n) is 15.8. The van der Waals surface area contributed by atoms with E-state index in [2.05, 4.69) is 15.4 Å². The Morgan fingerprint density at radius 1 is 1.06 bits per heavy atom. The standard InChI is InChI=1S/C31H30ClF4N9O5/c1-16-14-21(26(47)38-20-3-2-17(15-18(20)32)31(34,35)36)44-23(16)24(28(49)45-30(44)39-29(40-45)43-10-12-50-13-11-43)41-6-8-42(9-7-41)27(48)22-25(46)19(33)4-5-37-22/h2-5,15-16,21,46H,6-14H2,1H3,(H,38,47)/t16-,21-/m1/s1. The Balaban J connectivity index is 1.25. The molecule has 2 N–H and O–H groups in total. The van der Waals surface area contributed by atoms with Gasteiger partial charge in [-0.25, -0.2) is 9.37 Å². The molecule has 7 rings (SSSR count). The van der Waals surface area contributed by atoms with Crippen molar-refractivity contribution in [1.82, 2.24) is 29.0 Å². The number of fused-ring (bicyclic) bond motifs is 3. The van der Waals surface area contributed by atoms with Crippen LogP contribution in [0.4, 0.5) is 34.9 Å². The van der Waals surface area contributed by atoms with E-state index >= 15 is 0 Å². The van der Waals surface area contributed by atoms with E-state index in [1.54, 1.807) is 9.47 Å². The molecule has 0 aliphatic carbocycles. The lowest BCUT2D eigenvalue weighted by Gasteiger charge is -2.36. The third kappa shape index (κ3) is 5.85. The molecule has 2 atom stereocenters. The average molecular weight is 720 g/mol. The number of hydrogen-bond donors (Lipinski definition) is 2. The maximum absolute atomic E-state index is 14.3. The largest absolute Gasteiger partial charge is 0.503 e. The Morgan fingerprint density at radius 2 is 1.78 bits per heavy atom. The number of anilines is 3. The molecule has 0 unspecified atom stereocenters. The highest BCUT2D eigenvalue weighted by atomic mass is 35.5. The van der Waals surface area contributed by atoms with E-state index in [0.717, 1.165) is 35.0 Å². The number of amides is 2. The highest BCUT2D eigenvalue weighted by Crippen LogP contribution is 2.42. The zero-order valence-electron chi connectivity index (χ0n) is 26.5. The Bertz CT molecular complexity index is 2060. The van der Waals surface area contributed by atoms with Crippen LogP contribution in [0.5, 0.6) is 5.75 Å². The van der Waals surface area contributed by atoms with Gasteiger partial charge in [0, 0.05) is 51.4 Å². The number of ether oxygens (including phenoxy) is 1. The Kier molecular flexibility index (Phi) is 8.53. The average Bonchev–Trinajstić information content (AvgIpc) is 3.69. The summed E-state index contributed by atoms with van der Waals surface area (Å²) in [4.78, 5) is 54.8. The van der Waals surface area contributed by atoms with Crippen molar-refractivity contribution in [3.05, 3.63) is 68.6 Å². The lowest BCUT2D eigenvalue weighted by molar-refractivity contribution is -0.137. The number of nitrogens with zero attached hydrogens (tertiary/aromatic N) is 8. The fourth-order valence-electron chi connectivity index (χ4n) is 6.64. The molecular weight excluding hydrogens is 690 g/mol. The van der Waals surface area contributed by atoms with Crippen LogP contribution in [-0.4, -0.2) is 98.5 Å². The van der Waals surface area contributed by atoms with Gasteiger partial charge in [0.05, 0.1) is 35.2 Å². The molecular formula is C31H30ClF4N9O5. The lowest BCUT2D eigenvalue weighted by Crippen LogP contribution is -2.51. The number of aromatic nitrogens is 5. The molecule has 19 heteroatoms. The molecule has 50 heavy (non-hydrogen) atoms. The van der Waals surface area contributed by atoms with Crippen molar-refractivity contribution in [3.63, 3.8) is 0 Å². The second-order valence-corrected chi connectivity index (χ2v) is 12.6. The lowest BCUT2D eigenvalue weighted by atomic mass is 10.0. The number of benzene rings is 1. The maximum Gasteiger partial charge on any atom is 0.416 e. The molecule has 6 heterocycles. The summed E-state index contributed by atoms with van der Waals surface area (Å²) in [5, 5.41) is 17.0. The number of aromatic hydroxyl groups is 1. The first kappa shape index (κ1) is 33.5. The fraction of sp³-hybridized carbons (Fsp3) is 0.419. The van der Waals surface area contributed by atoms with Crippen LogP contribution in [0, 0.1) is 5.82 Å². The van der Waals surface area contributed by atoms with Gasteiger partial charge >= 0.3 is 6.18 Å². The van der Waals surface area contributed by atoms with Gasteiger partial charge in [-0.15, -0.1) is 5.10 Å². The van der Waals surface area contributed by atoms with Crippen molar-refractivity contribution in [3.8, 4) is 5.75 Å². The van der Waals surface area contributed by atoms with E-state index in [1.165, 1.54) is 4.90 Å². The van der Waals surface area contributed by atoms with Crippen LogP contribution in [0.25, 0.3) is 5.78 Å². The fourth-order valence-corrected chi connectivity index (χ4v) is 6.87. The third-order valence-corrected chi connectivity index (χ3v) is 9.47. The van der Waals surface area contributed by atoms with Crippen LogP contribution in [-0.2, 0) is 15.7 Å². The molecule has 3 aliphatic heterocycles. The number of pyridine rings is 1. The van der Waals surface area contributed by atoms with Crippen molar-refractivity contribution >= 4 is 46.5 Å². The van der Waals surface area contributed by atoms with Crippen molar-refractivity contribution in [1.29, 1.82) is 0 Å². The number of halogens is 5. The first-order valence-corrected chi connectivity index (χ1v) is 16.1. The van der Waals surface area contributed by atoms with Gasteiger partial charge in [-0.3, -0.25) is 19.0 Å². The number of piperazine rings is 1. The van der Waals surface area contributed by atoms with Crippen molar-refractivity contribution in [2.24, 2.45) is 0 Å². The van der Waals surface area contributed by atoms with Crippen LogP contribution in [0.3, 0.4) is 0 Å². The first-order chi connectivity index (χ1) is 23.8. The summed E-state index contributed by atoms with van der Waals surface area (Å²) in [5.74, 6) is -3.06. The summed E-state index contributed by atoms with van der Waals surface area (Å²) in [6.07, 6.45) is -3.32. The van der Waals surface area contributed by atoms with Gasteiger partial charge in [0.15, 0.2) is 17.3 Å². The molecule has 2 amide bonds. The summed E-state index contributed by atoms with van der Waals surface area (Å²) in [5.41, 5.74) is -1.13. The molecule has 0 spiro atoms. The van der Waals surface area contributed by atoms with Gasteiger partial charge in [0.25, 0.3) is 11.5 Å². The van der Waals surface area contributed by atoms with Gasteiger partial charge < -0.3 is 29.9 Å². The molecule has 2 saturated heterocycles. The minimum atomic E-state index is -4.62. The number of carbonyl (C=O) groups is 2. The van der Waals surface area contributed by atoms with Crippen LogP contribution in [0.15, 0.2) is 35.3 Å². The maximum atomic E-state index is 14.3. The molecule has 0 bridgehead atoms. The molecule has 0 radical (unpaired) electrons. The number of hydrogen-bond acceptors (Lipinski definition) is 10. The summed E-state index contributed by atoms with van der Waals surface area (Å²) < 4.78 is 61.9.